The largest absolute Gasteiger partial charge is 0.488 e. The number of fused-ring (bicyclic) bond motifs is 1. The number of primary amides is 1. The van der Waals surface area contributed by atoms with Crippen molar-refractivity contribution in [2.75, 3.05) is 13.6 Å². The Morgan fingerprint density at radius 1 is 0.886 bits per heavy atom. The van der Waals surface area contributed by atoms with Gasteiger partial charge in [-0.15, -0.1) is 0 Å². The molecule has 7 heteroatoms. The second-order valence-corrected chi connectivity index (χ2v) is 11.7. The lowest BCUT2D eigenvalue weighted by Gasteiger charge is -2.25. The van der Waals surface area contributed by atoms with Crippen molar-refractivity contribution >= 4 is 5.91 Å². The monoisotopic (exact) mass is 587 g/mol. The number of nitrogens with two attached hydrogens (primary N) is 1. The van der Waals surface area contributed by atoms with E-state index in [1.165, 1.54) is 11.1 Å². The van der Waals surface area contributed by atoms with E-state index < -0.39 is 5.91 Å². The molecule has 0 fully saturated rings. The van der Waals surface area contributed by atoms with Crippen molar-refractivity contribution in [3.05, 3.63) is 125 Å². The summed E-state index contributed by atoms with van der Waals surface area (Å²) in [6.07, 6.45) is 0.919. The first kappa shape index (κ1) is 29.2. The maximum absolute atomic E-state index is 12.6. The van der Waals surface area contributed by atoms with Crippen LogP contribution >= 0.6 is 0 Å². The van der Waals surface area contributed by atoms with Crippen LogP contribution in [0.4, 0.5) is 0 Å². The van der Waals surface area contributed by atoms with E-state index in [2.05, 4.69) is 43.1 Å². The number of amides is 1. The zero-order valence-electron chi connectivity index (χ0n) is 25.4. The van der Waals surface area contributed by atoms with Crippen LogP contribution in [-0.2, 0) is 26.2 Å². The standard InChI is InChI=1S/C37H37N3O4/c1-24(2)30-19-31(33(43-23-26-12-8-5-9-13-26)20-32(30)42-22-25-10-6-4-7-11-25)35-34(36(37(38)41)44-39-35)28-14-15-29-21-40(3)17-16-27(29)18-28/h4-15,18-20,24H,16-17,21-23H2,1-3H3,(H2,38,41). The van der Waals surface area contributed by atoms with E-state index in [9.17, 15) is 4.79 Å². The highest BCUT2D eigenvalue weighted by molar-refractivity contribution is 6.01. The van der Waals surface area contributed by atoms with Crippen LogP contribution in [-0.4, -0.2) is 29.6 Å². The van der Waals surface area contributed by atoms with Gasteiger partial charge in [0.2, 0.25) is 5.76 Å². The van der Waals surface area contributed by atoms with Crippen LogP contribution in [0.15, 0.2) is 95.5 Å². The number of aromatic nitrogens is 1. The summed E-state index contributed by atoms with van der Waals surface area (Å²) in [5.41, 5.74) is 14.1. The number of carbonyl (C=O) groups excluding carboxylic acids is 1. The maximum atomic E-state index is 12.6. The second-order valence-electron chi connectivity index (χ2n) is 11.7. The third kappa shape index (κ3) is 6.24. The Hall–Kier alpha value is -4.88. The Labute approximate surface area is 258 Å². The lowest BCUT2D eigenvalue weighted by atomic mass is 9.91. The molecule has 6 rings (SSSR count). The van der Waals surface area contributed by atoms with E-state index in [0.29, 0.717) is 35.8 Å². The molecule has 0 aliphatic carbocycles. The zero-order chi connectivity index (χ0) is 30.6. The second kappa shape index (κ2) is 12.8. The minimum Gasteiger partial charge on any atom is -0.488 e. The lowest BCUT2D eigenvalue weighted by molar-refractivity contribution is 0.0966. The molecule has 0 bridgehead atoms. The Morgan fingerprint density at radius 2 is 1.55 bits per heavy atom. The minimum absolute atomic E-state index is 0.0254. The molecule has 1 aliphatic rings. The van der Waals surface area contributed by atoms with Gasteiger partial charge in [0, 0.05) is 24.7 Å². The van der Waals surface area contributed by atoms with E-state index in [1.807, 2.05) is 78.9 Å². The number of benzene rings is 4. The topological polar surface area (TPSA) is 90.8 Å². The molecule has 0 saturated carbocycles. The molecular formula is C37H37N3O4. The van der Waals surface area contributed by atoms with Crippen molar-refractivity contribution in [2.24, 2.45) is 5.73 Å². The Morgan fingerprint density at radius 3 is 2.18 bits per heavy atom. The van der Waals surface area contributed by atoms with Gasteiger partial charge in [0.25, 0.3) is 5.91 Å². The van der Waals surface area contributed by atoms with Crippen molar-refractivity contribution < 1.29 is 18.8 Å². The molecule has 4 aromatic carbocycles. The van der Waals surface area contributed by atoms with Gasteiger partial charge >= 0.3 is 0 Å². The highest BCUT2D eigenvalue weighted by Gasteiger charge is 2.28. The quantitative estimate of drug-likeness (QED) is 0.183. The van der Waals surface area contributed by atoms with Crippen LogP contribution in [0, 0.1) is 0 Å². The first-order valence-corrected chi connectivity index (χ1v) is 15.0. The summed E-state index contributed by atoms with van der Waals surface area (Å²) in [6.45, 7) is 6.86. The molecule has 44 heavy (non-hydrogen) atoms. The molecule has 1 aliphatic heterocycles. The summed E-state index contributed by atoms with van der Waals surface area (Å²) in [7, 11) is 2.12. The Balaban J connectivity index is 1.48. The molecule has 224 valence electrons. The predicted molar refractivity (Wildman–Crippen MR) is 172 cm³/mol. The van der Waals surface area contributed by atoms with Crippen molar-refractivity contribution in [1.29, 1.82) is 0 Å². The molecule has 0 unspecified atom stereocenters. The predicted octanol–water partition coefficient (Wildman–Crippen LogP) is 7.38. The van der Waals surface area contributed by atoms with Gasteiger partial charge in [-0.1, -0.05) is 97.9 Å². The zero-order valence-corrected chi connectivity index (χ0v) is 25.4. The normalized spacial score (nSPS) is 13.1. The number of rotatable bonds is 10. The fourth-order valence-electron chi connectivity index (χ4n) is 5.69. The number of hydrogen-bond donors (Lipinski definition) is 1. The van der Waals surface area contributed by atoms with Gasteiger partial charge in [-0.25, -0.2) is 0 Å². The average Bonchev–Trinajstić information content (AvgIpc) is 3.49. The third-order valence-electron chi connectivity index (χ3n) is 8.08. The molecule has 7 nitrogen and oxygen atoms in total. The van der Waals surface area contributed by atoms with Gasteiger partial charge in [-0.05, 0) is 58.8 Å². The smallest absolute Gasteiger partial charge is 0.288 e. The van der Waals surface area contributed by atoms with Crippen LogP contribution < -0.4 is 15.2 Å². The molecule has 1 amide bonds. The van der Waals surface area contributed by atoms with Crippen LogP contribution in [0.1, 0.15) is 58.1 Å². The first-order valence-electron chi connectivity index (χ1n) is 15.0. The van der Waals surface area contributed by atoms with E-state index in [0.717, 1.165) is 47.5 Å². The van der Waals surface area contributed by atoms with Gasteiger partial charge in [-0.3, -0.25) is 4.79 Å². The fraction of sp³-hybridized carbons (Fsp3) is 0.243. The fourth-order valence-corrected chi connectivity index (χ4v) is 5.69. The van der Waals surface area contributed by atoms with Gasteiger partial charge in [0.05, 0.1) is 5.56 Å². The summed E-state index contributed by atoms with van der Waals surface area (Å²) in [6, 6.07) is 30.3. The summed E-state index contributed by atoms with van der Waals surface area (Å²) < 4.78 is 18.5. The van der Waals surface area contributed by atoms with E-state index in [1.54, 1.807) is 0 Å². The SMILES string of the molecule is CC(C)c1cc(-c2noc(C(N)=O)c2-c2ccc3c(c2)CCN(C)C3)c(OCc2ccccc2)cc1OCc1ccccc1. The van der Waals surface area contributed by atoms with Gasteiger partial charge in [0.15, 0.2) is 0 Å². The molecule has 0 saturated heterocycles. The number of carbonyl (C=O) groups is 1. The maximum Gasteiger partial charge on any atom is 0.288 e. The first-order chi connectivity index (χ1) is 21.4. The van der Waals surface area contributed by atoms with Gasteiger partial charge in [0.1, 0.15) is 30.4 Å². The molecule has 0 atom stereocenters. The molecule has 2 N–H and O–H groups in total. The van der Waals surface area contributed by atoms with Gasteiger partial charge in [-0.2, -0.15) is 0 Å². The third-order valence-corrected chi connectivity index (χ3v) is 8.08. The number of nitrogens with zero attached hydrogens (tertiary/aromatic N) is 2. The van der Waals surface area contributed by atoms with E-state index in [4.69, 9.17) is 19.7 Å². The number of likely N-dealkylation sites (N-methyl/N-ethyl adjacent to an activating group) is 1. The van der Waals surface area contributed by atoms with Gasteiger partial charge < -0.3 is 24.6 Å². The highest BCUT2D eigenvalue weighted by atomic mass is 16.5. The van der Waals surface area contributed by atoms with Crippen molar-refractivity contribution in [3.8, 4) is 33.9 Å². The Kier molecular flexibility index (Phi) is 8.48. The molecule has 0 radical (unpaired) electrons. The summed E-state index contributed by atoms with van der Waals surface area (Å²) in [5, 5.41) is 4.44. The van der Waals surface area contributed by atoms with Crippen molar-refractivity contribution in [2.45, 2.75) is 45.9 Å². The van der Waals surface area contributed by atoms with Crippen LogP contribution in [0.25, 0.3) is 22.4 Å². The summed E-state index contributed by atoms with van der Waals surface area (Å²) >= 11 is 0. The van der Waals surface area contributed by atoms with E-state index >= 15 is 0 Å². The number of ether oxygens (including phenoxy) is 2. The van der Waals surface area contributed by atoms with Crippen molar-refractivity contribution in [3.63, 3.8) is 0 Å². The summed E-state index contributed by atoms with van der Waals surface area (Å²) in [5.74, 6) is 0.793. The molecule has 5 aromatic rings. The molecule has 2 heterocycles. The lowest BCUT2D eigenvalue weighted by Crippen LogP contribution is -2.26. The van der Waals surface area contributed by atoms with E-state index in [-0.39, 0.29) is 11.7 Å². The molecular weight excluding hydrogens is 550 g/mol. The van der Waals surface area contributed by atoms with Crippen LogP contribution in [0.3, 0.4) is 0 Å². The average molecular weight is 588 g/mol. The van der Waals surface area contributed by atoms with Crippen LogP contribution in [0.2, 0.25) is 0 Å². The highest BCUT2D eigenvalue weighted by Crippen LogP contribution is 2.44. The van der Waals surface area contributed by atoms with Crippen molar-refractivity contribution in [1.82, 2.24) is 10.1 Å². The Bertz CT molecular complexity index is 1760. The number of hydrogen-bond acceptors (Lipinski definition) is 6. The summed E-state index contributed by atoms with van der Waals surface area (Å²) in [4.78, 5) is 14.9. The molecule has 0 spiro atoms. The minimum atomic E-state index is -0.671. The molecule has 1 aromatic heterocycles. The van der Waals surface area contributed by atoms with Crippen LogP contribution in [0.5, 0.6) is 11.5 Å².